The van der Waals surface area contributed by atoms with Crippen molar-refractivity contribution in [3.8, 4) is 0 Å². The Labute approximate surface area is 84.7 Å². The quantitative estimate of drug-likeness (QED) is 0.765. The van der Waals surface area contributed by atoms with Gasteiger partial charge in [-0.15, -0.1) is 0 Å². The number of aromatic nitrogens is 1. The number of hydrogen-bond acceptors (Lipinski definition) is 2. The molecule has 0 radical (unpaired) electrons. The molecule has 1 aromatic heterocycles. The summed E-state index contributed by atoms with van der Waals surface area (Å²) in [4.78, 5) is 0.471. The zero-order valence-electron chi connectivity index (χ0n) is 8.53. The second kappa shape index (κ2) is 3.12. The second-order valence-corrected chi connectivity index (χ2v) is 6.12. The maximum Gasteiger partial charge on any atom is 0.177 e. The van der Waals surface area contributed by atoms with Crippen LogP contribution in [0.4, 0.5) is 0 Å². The van der Waals surface area contributed by atoms with Crippen molar-refractivity contribution < 1.29 is 8.42 Å². The van der Waals surface area contributed by atoms with E-state index in [1.54, 1.807) is 6.07 Å². The molecular weight excluding hydrogens is 198 g/mol. The Morgan fingerprint density at radius 3 is 2.57 bits per heavy atom. The van der Waals surface area contributed by atoms with Crippen molar-refractivity contribution in [1.82, 2.24) is 4.57 Å². The first-order chi connectivity index (χ1) is 6.48. The highest BCUT2D eigenvalue weighted by Crippen LogP contribution is 2.31. The van der Waals surface area contributed by atoms with Gasteiger partial charge in [0, 0.05) is 24.7 Å². The Balaban J connectivity index is 2.31. The molecule has 1 aromatic rings. The zero-order valence-corrected chi connectivity index (χ0v) is 9.34. The molecule has 1 fully saturated rings. The molecule has 0 aliphatic heterocycles. The van der Waals surface area contributed by atoms with Crippen LogP contribution in [0.5, 0.6) is 0 Å². The highest BCUT2D eigenvalue weighted by atomic mass is 32.2. The van der Waals surface area contributed by atoms with Gasteiger partial charge in [0.05, 0.1) is 4.90 Å². The van der Waals surface area contributed by atoms with Crippen LogP contribution in [0.1, 0.15) is 18.5 Å². The first kappa shape index (κ1) is 9.77. The second-order valence-electron chi connectivity index (χ2n) is 4.13. The molecule has 0 atom stereocenters. The molecule has 0 amide bonds. The minimum atomic E-state index is -3.05. The van der Waals surface area contributed by atoms with Crippen molar-refractivity contribution in [2.75, 3.05) is 6.26 Å². The molecule has 14 heavy (non-hydrogen) atoms. The van der Waals surface area contributed by atoms with Gasteiger partial charge in [0.1, 0.15) is 0 Å². The summed E-state index contributed by atoms with van der Waals surface area (Å²) in [6.45, 7) is 2.85. The summed E-state index contributed by atoms with van der Waals surface area (Å²) < 4.78 is 24.8. The van der Waals surface area contributed by atoms with Crippen LogP contribution >= 0.6 is 0 Å². The van der Waals surface area contributed by atoms with Gasteiger partial charge in [0.15, 0.2) is 9.84 Å². The van der Waals surface area contributed by atoms with Crippen molar-refractivity contribution in [3.63, 3.8) is 0 Å². The Kier molecular flexibility index (Phi) is 2.18. The van der Waals surface area contributed by atoms with Crippen LogP contribution in [-0.4, -0.2) is 19.2 Å². The van der Waals surface area contributed by atoms with Gasteiger partial charge in [0.25, 0.3) is 0 Å². The molecule has 1 heterocycles. The summed E-state index contributed by atoms with van der Waals surface area (Å²) in [6, 6.07) is 1.70. The molecule has 0 spiro atoms. The van der Waals surface area contributed by atoms with Crippen LogP contribution in [-0.2, 0) is 16.4 Å². The zero-order chi connectivity index (χ0) is 10.3. The molecule has 0 unspecified atom stereocenters. The van der Waals surface area contributed by atoms with Crippen molar-refractivity contribution in [1.29, 1.82) is 0 Å². The Hall–Kier alpha value is -0.770. The maximum absolute atomic E-state index is 11.4. The minimum absolute atomic E-state index is 0.471. The summed E-state index contributed by atoms with van der Waals surface area (Å²) >= 11 is 0. The third-order valence-corrected chi connectivity index (χ3v) is 3.97. The fourth-order valence-electron chi connectivity index (χ4n) is 1.70. The van der Waals surface area contributed by atoms with Gasteiger partial charge in [-0.25, -0.2) is 8.42 Å². The average Bonchev–Trinajstić information content (AvgIpc) is 2.76. The predicted octanol–water partition coefficient (Wildman–Crippen LogP) is 1.61. The van der Waals surface area contributed by atoms with Crippen molar-refractivity contribution >= 4 is 9.84 Å². The summed E-state index contributed by atoms with van der Waals surface area (Å²) in [5.41, 5.74) is 0.874. The van der Waals surface area contributed by atoms with Crippen LogP contribution in [0.15, 0.2) is 17.2 Å². The lowest BCUT2D eigenvalue weighted by Gasteiger charge is -2.05. The maximum atomic E-state index is 11.4. The smallest absolute Gasteiger partial charge is 0.177 e. The number of sulfone groups is 1. The van der Waals surface area contributed by atoms with E-state index in [2.05, 4.69) is 0 Å². The highest BCUT2D eigenvalue weighted by Gasteiger charge is 2.23. The molecule has 0 aromatic carbocycles. The van der Waals surface area contributed by atoms with E-state index in [-0.39, 0.29) is 0 Å². The van der Waals surface area contributed by atoms with Gasteiger partial charge in [-0.2, -0.15) is 0 Å². The summed E-state index contributed by atoms with van der Waals surface area (Å²) in [6.07, 6.45) is 5.71. The lowest BCUT2D eigenvalue weighted by atomic mass is 10.4. The first-order valence-corrected chi connectivity index (χ1v) is 6.73. The number of nitrogens with zero attached hydrogens (tertiary/aromatic N) is 1. The third-order valence-electron chi connectivity index (χ3n) is 2.74. The fraction of sp³-hybridized carbons (Fsp3) is 0.600. The van der Waals surface area contributed by atoms with Gasteiger partial charge < -0.3 is 4.57 Å². The Bertz CT molecular complexity index is 441. The molecule has 0 saturated heterocycles. The molecule has 2 rings (SSSR count). The predicted molar refractivity (Wildman–Crippen MR) is 55.0 cm³/mol. The van der Waals surface area contributed by atoms with Crippen LogP contribution in [0.2, 0.25) is 0 Å². The molecule has 1 aliphatic rings. The van der Waals surface area contributed by atoms with Crippen LogP contribution in [0.25, 0.3) is 0 Å². The van der Waals surface area contributed by atoms with E-state index in [0.29, 0.717) is 4.90 Å². The molecule has 1 saturated carbocycles. The lowest BCUT2D eigenvalue weighted by Crippen LogP contribution is -2.04. The fourth-order valence-corrected chi connectivity index (χ4v) is 2.66. The standard InChI is InChI=1S/C10H15NO2S/c1-8-10(14(2,12)13)5-6-11(8)7-9-3-4-9/h5-6,9H,3-4,7H2,1-2H3. The van der Waals surface area contributed by atoms with Crippen LogP contribution in [0, 0.1) is 12.8 Å². The summed E-state index contributed by atoms with van der Waals surface area (Å²) in [5, 5.41) is 0. The normalized spacial score (nSPS) is 17.3. The number of hydrogen-bond donors (Lipinski definition) is 0. The molecule has 3 nitrogen and oxygen atoms in total. The van der Waals surface area contributed by atoms with Gasteiger partial charge in [-0.05, 0) is 31.7 Å². The van der Waals surface area contributed by atoms with E-state index in [9.17, 15) is 8.42 Å². The monoisotopic (exact) mass is 213 g/mol. The van der Waals surface area contributed by atoms with Gasteiger partial charge >= 0.3 is 0 Å². The molecule has 0 bridgehead atoms. The highest BCUT2D eigenvalue weighted by molar-refractivity contribution is 7.90. The van der Waals surface area contributed by atoms with Gasteiger partial charge in [-0.1, -0.05) is 0 Å². The average molecular weight is 213 g/mol. The van der Waals surface area contributed by atoms with Gasteiger partial charge in [-0.3, -0.25) is 0 Å². The molecule has 78 valence electrons. The Morgan fingerprint density at radius 2 is 2.14 bits per heavy atom. The van der Waals surface area contributed by atoms with E-state index in [1.807, 2.05) is 17.7 Å². The van der Waals surface area contributed by atoms with Gasteiger partial charge in [0.2, 0.25) is 0 Å². The minimum Gasteiger partial charge on any atom is -0.350 e. The van der Waals surface area contributed by atoms with E-state index < -0.39 is 9.84 Å². The molecule has 1 aliphatic carbocycles. The lowest BCUT2D eigenvalue weighted by molar-refractivity contribution is 0.594. The van der Waals surface area contributed by atoms with Crippen molar-refractivity contribution in [2.24, 2.45) is 5.92 Å². The molecule has 0 N–H and O–H groups in total. The topological polar surface area (TPSA) is 39.1 Å². The van der Waals surface area contributed by atoms with Crippen LogP contribution in [0.3, 0.4) is 0 Å². The van der Waals surface area contributed by atoms with Crippen molar-refractivity contribution in [3.05, 3.63) is 18.0 Å². The van der Waals surface area contributed by atoms with E-state index in [0.717, 1.165) is 18.2 Å². The van der Waals surface area contributed by atoms with E-state index >= 15 is 0 Å². The summed E-state index contributed by atoms with van der Waals surface area (Å²) in [7, 11) is -3.05. The van der Waals surface area contributed by atoms with Crippen molar-refractivity contribution in [2.45, 2.75) is 31.2 Å². The Morgan fingerprint density at radius 1 is 1.50 bits per heavy atom. The first-order valence-electron chi connectivity index (χ1n) is 4.84. The number of rotatable bonds is 3. The van der Waals surface area contributed by atoms with Crippen LogP contribution < -0.4 is 0 Å². The third kappa shape index (κ3) is 1.85. The molecule has 4 heteroatoms. The van der Waals surface area contributed by atoms with E-state index in [4.69, 9.17) is 0 Å². The SMILES string of the molecule is Cc1c(S(C)(=O)=O)ccn1CC1CC1. The summed E-state index contributed by atoms with van der Waals surface area (Å²) in [5.74, 6) is 0.772. The largest absolute Gasteiger partial charge is 0.350 e. The molecular formula is C10H15NO2S. The van der Waals surface area contributed by atoms with E-state index in [1.165, 1.54) is 19.1 Å².